The topological polar surface area (TPSA) is 78.9 Å². The maximum Gasteiger partial charge on any atom is 0.416 e. The van der Waals surface area contributed by atoms with Gasteiger partial charge in [0.25, 0.3) is 0 Å². The summed E-state index contributed by atoms with van der Waals surface area (Å²) in [6, 6.07) is 12.3. The molecular weight excluding hydrogens is 443 g/mol. The van der Waals surface area contributed by atoms with E-state index in [2.05, 4.69) is 20.3 Å². The van der Waals surface area contributed by atoms with Crippen LogP contribution in [0.25, 0.3) is 22.8 Å². The number of para-hydroxylation sites is 1. The Bertz CT molecular complexity index is 1220. The quantitative estimate of drug-likeness (QED) is 0.344. The first-order chi connectivity index (χ1) is 15.4. The van der Waals surface area contributed by atoms with E-state index in [1.165, 1.54) is 23.9 Å². The molecule has 0 fully saturated rings. The van der Waals surface area contributed by atoms with Crippen molar-refractivity contribution in [3.8, 4) is 28.5 Å². The second-order valence-electron chi connectivity index (χ2n) is 6.63. The van der Waals surface area contributed by atoms with Gasteiger partial charge >= 0.3 is 6.18 Å². The summed E-state index contributed by atoms with van der Waals surface area (Å²) in [4.78, 5) is 4.22. The molecule has 2 heterocycles. The zero-order chi connectivity index (χ0) is 22.7. The number of ether oxygens (including phenoxy) is 1. The van der Waals surface area contributed by atoms with Gasteiger partial charge in [0.05, 0.1) is 24.0 Å². The summed E-state index contributed by atoms with van der Waals surface area (Å²) in [5.41, 5.74) is 0.284. The van der Waals surface area contributed by atoms with Crippen LogP contribution in [0.1, 0.15) is 18.4 Å². The number of thioether (sulfide) groups is 1. The predicted octanol–water partition coefficient (Wildman–Crippen LogP) is 5.33. The zero-order valence-electron chi connectivity index (χ0n) is 17.1. The van der Waals surface area contributed by atoms with Gasteiger partial charge in [-0.25, -0.2) is 0 Å². The molecule has 0 aliphatic rings. The molecule has 0 spiro atoms. The van der Waals surface area contributed by atoms with E-state index in [0.717, 1.165) is 17.7 Å². The summed E-state index contributed by atoms with van der Waals surface area (Å²) < 4.78 is 51.4. The third-order valence-corrected chi connectivity index (χ3v) is 5.57. The molecule has 4 rings (SSSR count). The first kappa shape index (κ1) is 21.9. The molecule has 7 nitrogen and oxygen atoms in total. The second-order valence-corrected chi connectivity index (χ2v) is 7.57. The van der Waals surface area contributed by atoms with E-state index in [4.69, 9.17) is 9.26 Å². The van der Waals surface area contributed by atoms with Gasteiger partial charge in [0.2, 0.25) is 11.7 Å². The summed E-state index contributed by atoms with van der Waals surface area (Å²) in [7, 11) is 1.60. The number of rotatable bonds is 7. The second kappa shape index (κ2) is 9.03. The number of alkyl halides is 3. The van der Waals surface area contributed by atoms with Crippen LogP contribution in [-0.2, 0) is 18.5 Å². The van der Waals surface area contributed by atoms with Crippen LogP contribution in [0.5, 0.6) is 5.75 Å². The third-order valence-electron chi connectivity index (χ3n) is 4.62. The van der Waals surface area contributed by atoms with Crippen molar-refractivity contribution in [2.75, 3.05) is 7.11 Å². The first-order valence-corrected chi connectivity index (χ1v) is 10.6. The van der Waals surface area contributed by atoms with Crippen molar-refractivity contribution in [1.29, 1.82) is 0 Å². The lowest BCUT2D eigenvalue weighted by molar-refractivity contribution is -0.137. The lowest BCUT2D eigenvalue weighted by Gasteiger charge is -2.09. The Morgan fingerprint density at radius 2 is 1.91 bits per heavy atom. The molecule has 0 saturated carbocycles. The fourth-order valence-electron chi connectivity index (χ4n) is 3.10. The number of methoxy groups -OCH3 is 1. The minimum Gasteiger partial charge on any atom is -0.496 e. The number of hydrogen-bond donors (Lipinski definition) is 0. The van der Waals surface area contributed by atoms with Gasteiger partial charge in [-0.05, 0) is 31.2 Å². The van der Waals surface area contributed by atoms with E-state index in [-0.39, 0.29) is 23.0 Å². The molecule has 0 saturated heterocycles. The SMILES string of the molecule is CCn1c(SCc2nc(-c3cccc(C(F)(F)F)c3)no2)nnc1-c1ccccc1OC. The van der Waals surface area contributed by atoms with Gasteiger partial charge in [0.15, 0.2) is 11.0 Å². The Balaban J connectivity index is 1.52. The number of hydrogen-bond acceptors (Lipinski definition) is 7. The Kier molecular flexibility index (Phi) is 6.17. The smallest absolute Gasteiger partial charge is 0.416 e. The molecule has 4 aromatic rings. The molecule has 0 bridgehead atoms. The molecule has 0 radical (unpaired) electrons. The fourth-order valence-corrected chi connectivity index (χ4v) is 3.94. The number of nitrogens with zero attached hydrogens (tertiary/aromatic N) is 5. The van der Waals surface area contributed by atoms with Crippen LogP contribution in [0.3, 0.4) is 0 Å². The number of halogens is 3. The zero-order valence-corrected chi connectivity index (χ0v) is 17.9. The van der Waals surface area contributed by atoms with Gasteiger partial charge in [0.1, 0.15) is 5.75 Å². The summed E-state index contributed by atoms with van der Waals surface area (Å²) in [5.74, 6) is 2.01. The van der Waals surface area contributed by atoms with Crippen molar-refractivity contribution >= 4 is 11.8 Å². The van der Waals surface area contributed by atoms with E-state index >= 15 is 0 Å². The molecule has 11 heteroatoms. The maximum atomic E-state index is 13.0. The Hall–Kier alpha value is -3.34. The number of benzene rings is 2. The van der Waals surface area contributed by atoms with Crippen LogP contribution in [0.2, 0.25) is 0 Å². The highest BCUT2D eigenvalue weighted by molar-refractivity contribution is 7.98. The fraction of sp³-hybridized carbons (Fsp3) is 0.238. The number of aromatic nitrogens is 5. The average Bonchev–Trinajstić information content (AvgIpc) is 3.44. The summed E-state index contributed by atoms with van der Waals surface area (Å²) >= 11 is 1.34. The molecule has 0 amide bonds. The molecule has 2 aromatic heterocycles. The highest BCUT2D eigenvalue weighted by Gasteiger charge is 2.30. The third kappa shape index (κ3) is 4.47. The lowest BCUT2D eigenvalue weighted by atomic mass is 10.1. The van der Waals surface area contributed by atoms with Crippen molar-refractivity contribution in [1.82, 2.24) is 24.9 Å². The molecule has 0 N–H and O–H groups in total. The average molecular weight is 461 g/mol. The van der Waals surface area contributed by atoms with Crippen molar-refractivity contribution in [2.45, 2.75) is 30.6 Å². The van der Waals surface area contributed by atoms with E-state index in [1.54, 1.807) is 7.11 Å². The highest BCUT2D eigenvalue weighted by atomic mass is 32.2. The van der Waals surface area contributed by atoms with Crippen LogP contribution in [-0.4, -0.2) is 32.0 Å². The molecule has 32 heavy (non-hydrogen) atoms. The summed E-state index contributed by atoms with van der Waals surface area (Å²) in [6.45, 7) is 2.60. The van der Waals surface area contributed by atoms with E-state index in [1.807, 2.05) is 35.8 Å². The van der Waals surface area contributed by atoms with Crippen LogP contribution >= 0.6 is 11.8 Å². The molecular formula is C21H18F3N5O2S. The van der Waals surface area contributed by atoms with Gasteiger partial charge in [-0.15, -0.1) is 10.2 Å². The van der Waals surface area contributed by atoms with Crippen molar-refractivity contribution in [3.63, 3.8) is 0 Å². The molecule has 166 valence electrons. The van der Waals surface area contributed by atoms with Gasteiger partial charge in [-0.3, -0.25) is 0 Å². The van der Waals surface area contributed by atoms with Gasteiger partial charge in [-0.2, -0.15) is 18.2 Å². The van der Waals surface area contributed by atoms with Gasteiger partial charge in [-0.1, -0.05) is 41.2 Å². The maximum absolute atomic E-state index is 13.0. The molecule has 0 aliphatic carbocycles. The van der Waals surface area contributed by atoms with Gasteiger partial charge < -0.3 is 13.8 Å². The first-order valence-electron chi connectivity index (χ1n) is 9.60. The van der Waals surface area contributed by atoms with Crippen LogP contribution in [0.4, 0.5) is 13.2 Å². The largest absolute Gasteiger partial charge is 0.496 e. The minimum atomic E-state index is -4.44. The molecule has 2 aromatic carbocycles. The lowest BCUT2D eigenvalue weighted by Crippen LogP contribution is -2.04. The normalized spacial score (nSPS) is 11.7. The van der Waals surface area contributed by atoms with E-state index in [0.29, 0.717) is 23.3 Å². The van der Waals surface area contributed by atoms with E-state index < -0.39 is 11.7 Å². The predicted molar refractivity (Wildman–Crippen MR) is 112 cm³/mol. The summed E-state index contributed by atoms with van der Waals surface area (Å²) in [5, 5.41) is 13.0. The van der Waals surface area contributed by atoms with Crippen molar-refractivity contribution < 1.29 is 22.4 Å². The monoisotopic (exact) mass is 461 g/mol. The van der Waals surface area contributed by atoms with Crippen molar-refractivity contribution in [2.24, 2.45) is 0 Å². The standard InChI is InChI=1S/C21H18F3N5O2S/c1-3-29-19(15-9-4-5-10-16(15)30-2)26-27-20(29)32-12-17-25-18(28-31-17)13-7-6-8-14(11-13)21(22,23)24/h4-11H,3,12H2,1-2H3. The Morgan fingerprint density at radius 1 is 1.09 bits per heavy atom. The minimum absolute atomic E-state index is 0.0957. The highest BCUT2D eigenvalue weighted by Crippen LogP contribution is 2.33. The Labute approximate surface area is 185 Å². The summed E-state index contributed by atoms with van der Waals surface area (Å²) in [6.07, 6.45) is -4.44. The molecule has 0 aliphatic heterocycles. The van der Waals surface area contributed by atoms with Crippen LogP contribution < -0.4 is 4.74 Å². The Morgan fingerprint density at radius 3 is 2.66 bits per heavy atom. The van der Waals surface area contributed by atoms with Crippen LogP contribution in [0, 0.1) is 0 Å². The molecule has 0 atom stereocenters. The van der Waals surface area contributed by atoms with E-state index in [9.17, 15) is 13.2 Å². The molecule has 0 unspecified atom stereocenters. The van der Waals surface area contributed by atoms with Crippen molar-refractivity contribution in [3.05, 3.63) is 60.0 Å². The van der Waals surface area contributed by atoms with Gasteiger partial charge in [0, 0.05) is 12.1 Å². The van der Waals surface area contributed by atoms with Crippen LogP contribution in [0.15, 0.2) is 58.2 Å².